The Hall–Kier alpha value is -2.85. The number of halogens is 1. The van der Waals surface area contributed by atoms with Gasteiger partial charge in [-0.3, -0.25) is 19.3 Å². The first-order chi connectivity index (χ1) is 15.9. The van der Waals surface area contributed by atoms with Gasteiger partial charge in [0, 0.05) is 16.5 Å². The molecule has 2 aromatic rings. The fourth-order valence-corrected chi connectivity index (χ4v) is 5.29. The van der Waals surface area contributed by atoms with Crippen molar-refractivity contribution in [2.75, 3.05) is 36.9 Å². The lowest BCUT2D eigenvalue weighted by Crippen LogP contribution is -2.41. The number of rotatable bonds is 7. The third kappa shape index (κ3) is 5.75. The standard InChI is InChI=1S/C23H27FN4O4S/c1-2-32-22(31)17-7-8-18-20(17)26-23(33-18)27-21(30)14-9-11-28(12-10-14)13-19(29)25-16-5-3-15(24)4-6-16/h3-6,14,17H,2,7-13H2,1H3,(H,25,29)(H,26,27,30)/t17-/m0/s1. The lowest BCUT2D eigenvalue weighted by atomic mass is 9.96. The fourth-order valence-electron chi connectivity index (χ4n) is 4.25. The van der Waals surface area contributed by atoms with Crippen molar-refractivity contribution in [3.05, 3.63) is 40.7 Å². The molecule has 0 radical (unpaired) electrons. The topological polar surface area (TPSA) is 101 Å². The molecule has 1 fully saturated rings. The number of anilines is 2. The van der Waals surface area contributed by atoms with Gasteiger partial charge in [-0.1, -0.05) is 0 Å². The molecule has 33 heavy (non-hydrogen) atoms. The van der Waals surface area contributed by atoms with E-state index in [2.05, 4.69) is 15.6 Å². The molecule has 1 saturated heterocycles. The van der Waals surface area contributed by atoms with Gasteiger partial charge in [0.05, 0.1) is 18.8 Å². The predicted octanol–water partition coefficient (Wildman–Crippen LogP) is 3.16. The molecule has 1 aliphatic carbocycles. The minimum Gasteiger partial charge on any atom is -0.465 e. The van der Waals surface area contributed by atoms with Gasteiger partial charge in [0.2, 0.25) is 11.8 Å². The van der Waals surface area contributed by atoms with Crippen molar-refractivity contribution < 1.29 is 23.5 Å². The molecule has 1 aromatic heterocycles. The van der Waals surface area contributed by atoms with Crippen molar-refractivity contribution >= 4 is 39.9 Å². The van der Waals surface area contributed by atoms with Crippen molar-refractivity contribution in [3.63, 3.8) is 0 Å². The number of ether oxygens (including phenoxy) is 1. The molecule has 2 amide bonds. The van der Waals surface area contributed by atoms with E-state index in [0.29, 0.717) is 49.8 Å². The van der Waals surface area contributed by atoms with Gasteiger partial charge < -0.3 is 15.4 Å². The third-order valence-electron chi connectivity index (χ3n) is 5.97. The Bertz CT molecular complexity index is 1020. The monoisotopic (exact) mass is 474 g/mol. The van der Waals surface area contributed by atoms with Crippen LogP contribution in [0, 0.1) is 11.7 Å². The predicted molar refractivity (Wildman–Crippen MR) is 123 cm³/mol. The first kappa shape index (κ1) is 23.3. The van der Waals surface area contributed by atoms with Crippen LogP contribution < -0.4 is 10.6 Å². The first-order valence-corrected chi connectivity index (χ1v) is 12.0. The summed E-state index contributed by atoms with van der Waals surface area (Å²) >= 11 is 1.43. The van der Waals surface area contributed by atoms with Gasteiger partial charge in [-0.25, -0.2) is 9.37 Å². The molecule has 0 bridgehead atoms. The van der Waals surface area contributed by atoms with Crippen molar-refractivity contribution in [1.29, 1.82) is 0 Å². The van der Waals surface area contributed by atoms with Crippen LogP contribution in [-0.2, 0) is 25.5 Å². The van der Waals surface area contributed by atoms with Gasteiger partial charge in [-0.05, 0) is 70.0 Å². The van der Waals surface area contributed by atoms with Gasteiger partial charge in [-0.15, -0.1) is 11.3 Å². The number of fused-ring (bicyclic) bond motifs is 1. The second-order valence-electron chi connectivity index (χ2n) is 8.27. The zero-order valence-corrected chi connectivity index (χ0v) is 19.3. The quantitative estimate of drug-likeness (QED) is 0.598. The number of likely N-dealkylation sites (tertiary alicyclic amines) is 1. The number of nitrogens with one attached hydrogen (secondary N) is 2. The Morgan fingerprint density at radius 3 is 2.58 bits per heavy atom. The molecule has 1 aromatic carbocycles. The average Bonchev–Trinajstić information content (AvgIpc) is 3.36. The van der Waals surface area contributed by atoms with E-state index >= 15 is 0 Å². The number of hydrogen-bond acceptors (Lipinski definition) is 7. The molecule has 1 atom stereocenters. The average molecular weight is 475 g/mol. The van der Waals surface area contributed by atoms with E-state index in [-0.39, 0.29) is 42.0 Å². The summed E-state index contributed by atoms with van der Waals surface area (Å²) in [6.07, 6.45) is 2.76. The van der Waals surface area contributed by atoms with Crippen LogP contribution >= 0.6 is 11.3 Å². The lowest BCUT2D eigenvalue weighted by Gasteiger charge is -2.30. The molecule has 1 aliphatic heterocycles. The summed E-state index contributed by atoms with van der Waals surface area (Å²) in [4.78, 5) is 44.6. The highest BCUT2D eigenvalue weighted by Crippen LogP contribution is 2.39. The number of thiazole rings is 1. The molecule has 2 N–H and O–H groups in total. The number of benzene rings is 1. The second kappa shape index (κ2) is 10.4. The summed E-state index contributed by atoms with van der Waals surface area (Å²) < 4.78 is 18.1. The molecule has 8 nitrogen and oxygen atoms in total. The molecule has 176 valence electrons. The maximum Gasteiger partial charge on any atom is 0.315 e. The molecule has 0 unspecified atom stereocenters. The summed E-state index contributed by atoms with van der Waals surface area (Å²) in [6.45, 7) is 3.61. The number of piperidine rings is 1. The third-order valence-corrected chi connectivity index (χ3v) is 7.02. The van der Waals surface area contributed by atoms with Gasteiger partial charge in [0.15, 0.2) is 5.13 Å². The van der Waals surface area contributed by atoms with Crippen LogP contribution in [-0.4, -0.2) is 53.9 Å². The lowest BCUT2D eigenvalue weighted by molar-refractivity contribution is -0.145. The van der Waals surface area contributed by atoms with Crippen LogP contribution in [0.5, 0.6) is 0 Å². The molecule has 10 heteroatoms. The number of hydrogen-bond donors (Lipinski definition) is 2. The Kier molecular flexibility index (Phi) is 7.34. The Morgan fingerprint density at radius 1 is 1.15 bits per heavy atom. The van der Waals surface area contributed by atoms with Crippen molar-refractivity contribution in [2.45, 2.75) is 38.5 Å². The van der Waals surface area contributed by atoms with Crippen molar-refractivity contribution in [2.24, 2.45) is 5.92 Å². The van der Waals surface area contributed by atoms with Crippen LogP contribution in [0.1, 0.15) is 42.7 Å². The Balaban J connectivity index is 1.24. The molecule has 2 aliphatic rings. The maximum absolute atomic E-state index is 13.0. The summed E-state index contributed by atoms with van der Waals surface area (Å²) in [5, 5.41) is 6.20. The fraction of sp³-hybridized carbons (Fsp3) is 0.478. The van der Waals surface area contributed by atoms with Gasteiger partial charge >= 0.3 is 5.97 Å². The van der Waals surface area contributed by atoms with Crippen LogP contribution in [0.4, 0.5) is 15.2 Å². The number of nitrogens with zero attached hydrogens (tertiary/aromatic N) is 2. The zero-order chi connectivity index (χ0) is 23.4. The van der Waals surface area contributed by atoms with E-state index in [0.717, 1.165) is 17.0 Å². The van der Waals surface area contributed by atoms with E-state index in [1.54, 1.807) is 6.92 Å². The summed E-state index contributed by atoms with van der Waals surface area (Å²) in [6, 6.07) is 5.64. The van der Waals surface area contributed by atoms with E-state index in [9.17, 15) is 18.8 Å². The molecular weight excluding hydrogens is 447 g/mol. The van der Waals surface area contributed by atoms with Crippen LogP contribution in [0.25, 0.3) is 0 Å². The van der Waals surface area contributed by atoms with E-state index in [1.165, 1.54) is 35.6 Å². The SMILES string of the molecule is CCOC(=O)[C@H]1CCc2sc(NC(=O)C3CCN(CC(=O)Nc4ccc(F)cc4)CC3)nc21. The molecular formula is C23H27FN4O4S. The number of esters is 1. The highest BCUT2D eigenvalue weighted by atomic mass is 32.1. The molecule has 0 saturated carbocycles. The van der Waals surface area contributed by atoms with Gasteiger partial charge in [0.25, 0.3) is 0 Å². The normalized spacial score (nSPS) is 18.5. The van der Waals surface area contributed by atoms with E-state index < -0.39 is 0 Å². The summed E-state index contributed by atoms with van der Waals surface area (Å²) in [5.41, 5.74) is 1.28. The highest BCUT2D eigenvalue weighted by molar-refractivity contribution is 7.16. The van der Waals surface area contributed by atoms with Crippen LogP contribution in [0.2, 0.25) is 0 Å². The van der Waals surface area contributed by atoms with Gasteiger partial charge in [-0.2, -0.15) is 0 Å². The van der Waals surface area contributed by atoms with Crippen LogP contribution in [0.15, 0.2) is 24.3 Å². The first-order valence-electron chi connectivity index (χ1n) is 11.2. The molecule has 2 heterocycles. The number of carbonyl (C=O) groups excluding carboxylic acids is 3. The van der Waals surface area contributed by atoms with Crippen molar-refractivity contribution in [3.8, 4) is 0 Å². The van der Waals surface area contributed by atoms with Crippen LogP contribution in [0.3, 0.4) is 0 Å². The second-order valence-corrected chi connectivity index (χ2v) is 9.35. The number of aromatic nitrogens is 1. The zero-order valence-electron chi connectivity index (χ0n) is 18.4. The van der Waals surface area contributed by atoms with Gasteiger partial charge in [0.1, 0.15) is 11.7 Å². The number of carbonyl (C=O) groups is 3. The maximum atomic E-state index is 13.0. The largest absolute Gasteiger partial charge is 0.465 e. The summed E-state index contributed by atoms with van der Waals surface area (Å²) in [7, 11) is 0. The molecule has 4 rings (SSSR count). The smallest absolute Gasteiger partial charge is 0.315 e. The minimum atomic E-state index is -0.352. The Labute approximate surface area is 195 Å². The number of aryl methyl sites for hydroxylation is 1. The number of amides is 2. The minimum absolute atomic E-state index is 0.0782. The van der Waals surface area contributed by atoms with Crippen molar-refractivity contribution in [1.82, 2.24) is 9.88 Å². The molecule has 0 spiro atoms. The highest BCUT2D eigenvalue weighted by Gasteiger charge is 2.34. The Morgan fingerprint density at radius 2 is 1.88 bits per heavy atom. The van der Waals surface area contributed by atoms with E-state index in [4.69, 9.17) is 4.74 Å². The summed E-state index contributed by atoms with van der Waals surface area (Å²) in [5.74, 6) is -1.35. The van der Waals surface area contributed by atoms with E-state index in [1.807, 2.05) is 4.90 Å².